The van der Waals surface area contributed by atoms with E-state index in [4.69, 9.17) is 0 Å². The second-order valence-electron chi connectivity index (χ2n) is 4.85. The Balaban J connectivity index is 2.69. The van der Waals surface area contributed by atoms with Crippen molar-refractivity contribution in [3.63, 3.8) is 0 Å². The van der Waals surface area contributed by atoms with E-state index in [9.17, 15) is 0 Å². The van der Waals surface area contributed by atoms with E-state index >= 15 is 0 Å². The van der Waals surface area contributed by atoms with E-state index < -0.39 is 7.74 Å². The minimum atomic E-state index is -0.785. The van der Waals surface area contributed by atoms with Gasteiger partial charge in [0.05, 0.1) is 7.74 Å². The monoisotopic (exact) mass is 188 g/mol. The van der Waals surface area contributed by atoms with Gasteiger partial charge in [-0.05, 0) is 24.2 Å². The van der Waals surface area contributed by atoms with E-state index in [2.05, 4.69) is 33.5 Å². The Kier molecular flexibility index (Phi) is 2.82. The van der Waals surface area contributed by atoms with Gasteiger partial charge < -0.3 is 0 Å². The largest absolute Gasteiger partial charge is 0.113 e. The molecule has 0 aromatic heterocycles. The first-order valence-electron chi connectivity index (χ1n) is 4.71. The molecular weight excluding hydrogens is 167 g/mol. The summed E-state index contributed by atoms with van der Waals surface area (Å²) in [6.45, 7) is 12.6. The summed E-state index contributed by atoms with van der Waals surface area (Å²) < 4.78 is 0. The molecule has 1 fully saturated rings. The van der Waals surface area contributed by atoms with Crippen LogP contribution < -0.4 is 0 Å². The minimum absolute atomic E-state index is 0.430. The SMILES string of the molecule is CC1CCC(C)P1[Si](C)(C)C. The molecule has 1 aliphatic heterocycles. The van der Waals surface area contributed by atoms with E-state index in [0.29, 0.717) is 7.47 Å². The molecule has 0 nitrogen and oxygen atoms in total. The summed E-state index contributed by atoms with van der Waals surface area (Å²) in [5, 5.41) is 0. The van der Waals surface area contributed by atoms with Crippen molar-refractivity contribution in [1.82, 2.24) is 0 Å². The lowest BCUT2D eigenvalue weighted by molar-refractivity contribution is 0.777. The summed E-state index contributed by atoms with van der Waals surface area (Å²) in [6.07, 6.45) is 3.02. The second-order valence-corrected chi connectivity index (χ2v) is 17.3. The Morgan fingerprint density at radius 1 is 1.00 bits per heavy atom. The Hall–Kier alpha value is 0.647. The number of rotatable bonds is 1. The van der Waals surface area contributed by atoms with Gasteiger partial charge in [0.2, 0.25) is 0 Å². The van der Waals surface area contributed by atoms with Gasteiger partial charge in [0.15, 0.2) is 0 Å². The first-order chi connectivity index (χ1) is 4.93. The standard InChI is InChI=1S/C9H21PSi/c1-8-6-7-9(2)10(8)11(3,4)5/h8-9H,6-7H2,1-5H3. The average Bonchev–Trinajstić information content (AvgIpc) is 2.08. The topological polar surface area (TPSA) is 0 Å². The predicted molar refractivity (Wildman–Crippen MR) is 58.4 cm³/mol. The van der Waals surface area contributed by atoms with Crippen molar-refractivity contribution in [3.05, 3.63) is 0 Å². The van der Waals surface area contributed by atoms with Gasteiger partial charge in [-0.15, -0.1) is 7.47 Å². The molecule has 0 spiro atoms. The molecule has 0 N–H and O–H groups in total. The lowest BCUT2D eigenvalue weighted by Gasteiger charge is -2.33. The summed E-state index contributed by atoms with van der Waals surface area (Å²) in [5.41, 5.74) is 2.15. The Labute approximate surface area is 73.4 Å². The van der Waals surface area contributed by atoms with Crippen LogP contribution in [-0.4, -0.2) is 19.1 Å². The minimum Gasteiger partial charge on any atom is -0.113 e. The first-order valence-corrected chi connectivity index (χ1v) is 10.5. The second kappa shape index (κ2) is 3.18. The zero-order chi connectivity index (χ0) is 8.65. The van der Waals surface area contributed by atoms with Crippen molar-refractivity contribution in [1.29, 1.82) is 0 Å². The Morgan fingerprint density at radius 3 is 1.55 bits per heavy atom. The zero-order valence-corrected chi connectivity index (χ0v) is 10.4. The van der Waals surface area contributed by atoms with Crippen molar-refractivity contribution >= 4 is 15.2 Å². The maximum Gasteiger partial charge on any atom is 0.0726 e. The molecule has 2 unspecified atom stereocenters. The Bertz CT molecular complexity index is 129. The third kappa shape index (κ3) is 2.06. The average molecular weight is 188 g/mol. The molecule has 2 atom stereocenters. The summed E-state index contributed by atoms with van der Waals surface area (Å²) in [6, 6.07) is 0. The van der Waals surface area contributed by atoms with Crippen LogP contribution in [0.25, 0.3) is 0 Å². The zero-order valence-electron chi connectivity index (χ0n) is 8.52. The van der Waals surface area contributed by atoms with Crippen molar-refractivity contribution in [2.45, 2.75) is 57.6 Å². The van der Waals surface area contributed by atoms with Crippen LogP contribution >= 0.6 is 7.47 Å². The van der Waals surface area contributed by atoms with Crippen LogP contribution in [0.3, 0.4) is 0 Å². The maximum absolute atomic E-state index is 2.55. The fourth-order valence-corrected chi connectivity index (χ4v) is 15.6. The number of hydrogen-bond acceptors (Lipinski definition) is 0. The van der Waals surface area contributed by atoms with Crippen molar-refractivity contribution in [3.8, 4) is 0 Å². The lowest BCUT2D eigenvalue weighted by Crippen LogP contribution is -2.24. The highest BCUT2D eigenvalue weighted by atomic mass is 31.4. The maximum atomic E-state index is 2.55. The lowest BCUT2D eigenvalue weighted by atomic mass is 10.2. The molecule has 0 saturated carbocycles. The van der Waals surface area contributed by atoms with Crippen molar-refractivity contribution < 1.29 is 0 Å². The predicted octanol–water partition coefficient (Wildman–Crippen LogP) is 3.87. The van der Waals surface area contributed by atoms with Crippen molar-refractivity contribution in [2.24, 2.45) is 0 Å². The molecule has 2 heteroatoms. The smallest absolute Gasteiger partial charge is 0.0726 e. The summed E-state index contributed by atoms with van der Waals surface area (Å²) in [4.78, 5) is 0. The fourth-order valence-electron chi connectivity index (χ4n) is 2.52. The first kappa shape index (κ1) is 9.73. The molecule has 0 amide bonds. The quantitative estimate of drug-likeness (QED) is 0.433. The van der Waals surface area contributed by atoms with Gasteiger partial charge in [0.1, 0.15) is 0 Å². The number of hydrogen-bond donors (Lipinski definition) is 0. The van der Waals surface area contributed by atoms with Crippen LogP contribution in [0.1, 0.15) is 26.7 Å². The van der Waals surface area contributed by atoms with E-state index in [1.54, 1.807) is 0 Å². The normalized spacial score (nSPS) is 39.5. The van der Waals surface area contributed by atoms with Gasteiger partial charge in [-0.3, -0.25) is 0 Å². The molecule has 0 aliphatic carbocycles. The molecule has 1 rings (SSSR count). The summed E-state index contributed by atoms with van der Waals surface area (Å²) in [7, 11) is -0.355. The molecule has 1 saturated heterocycles. The van der Waals surface area contributed by atoms with E-state index in [-0.39, 0.29) is 0 Å². The Morgan fingerprint density at radius 2 is 1.36 bits per heavy atom. The fraction of sp³-hybridized carbons (Fsp3) is 1.00. The van der Waals surface area contributed by atoms with Gasteiger partial charge >= 0.3 is 0 Å². The molecule has 0 radical (unpaired) electrons. The highest BCUT2D eigenvalue weighted by Gasteiger charge is 2.38. The third-order valence-electron chi connectivity index (χ3n) is 2.73. The molecule has 11 heavy (non-hydrogen) atoms. The van der Waals surface area contributed by atoms with Gasteiger partial charge in [0.25, 0.3) is 0 Å². The van der Waals surface area contributed by atoms with Crippen molar-refractivity contribution in [2.75, 3.05) is 0 Å². The van der Waals surface area contributed by atoms with Gasteiger partial charge in [0, 0.05) is 0 Å². The van der Waals surface area contributed by atoms with Crippen LogP contribution in [0.4, 0.5) is 0 Å². The summed E-state index contributed by atoms with van der Waals surface area (Å²) >= 11 is 0. The molecule has 0 aromatic rings. The van der Waals surface area contributed by atoms with E-state index in [1.807, 2.05) is 0 Å². The molecule has 66 valence electrons. The summed E-state index contributed by atoms with van der Waals surface area (Å²) in [5.74, 6) is 0. The van der Waals surface area contributed by atoms with Crippen LogP contribution in [-0.2, 0) is 0 Å². The highest BCUT2D eigenvalue weighted by molar-refractivity contribution is 7.95. The van der Waals surface area contributed by atoms with Gasteiger partial charge in [-0.1, -0.05) is 33.5 Å². The highest BCUT2D eigenvalue weighted by Crippen LogP contribution is 2.61. The van der Waals surface area contributed by atoms with Crippen LogP contribution in [0.5, 0.6) is 0 Å². The molecule has 0 aromatic carbocycles. The van der Waals surface area contributed by atoms with E-state index in [1.165, 1.54) is 12.8 Å². The molecule has 1 aliphatic rings. The van der Waals surface area contributed by atoms with Crippen LogP contribution in [0, 0.1) is 0 Å². The van der Waals surface area contributed by atoms with Gasteiger partial charge in [-0.2, -0.15) is 0 Å². The van der Waals surface area contributed by atoms with Crippen LogP contribution in [0.2, 0.25) is 19.6 Å². The van der Waals surface area contributed by atoms with Gasteiger partial charge in [-0.25, -0.2) is 0 Å². The van der Waals surface area contributed by atoms with E-state index in [0.717, 1.165) is 11.3 Å². The molecule has 0 bridgehead atoms. The third-order valence-corrected chi connectivity index (χ3v) is 14.0. The molecule has 1 heterocycles. The molecular formula is C9H21PSi. The van der Waals surface area contributed by atoms with Crippen LogP contribution in [0.15, 0.2) is 0 Å².